The van der Waals surface area contributed by atoms with Gasteiger partial charge in [0.05, 0.1) is 0 Å². The molecule has 16 heavy (non-hydrogen) atoms. The third kappa shape index (κ3) is 4.42. The highest BCUT2D eigenvalue weighted by molar-refractivity contribution is 4.81. The monoisotopic (exact) mass is 226 g/mol. The van der Waals surface area contributed by atoms with Gasteiger partial charge in [-0.05, 0) is 65.1 Å². The molecule has 0 aromatic carbocycles. The second-order valence-electron chi connectivity index (χ2n) is 5.60. The molecule has 0 aromatic heterocycles. The van der Waals surface area contributed by atoms with E-state index in [2.05, 4.69) is 37.9 Å². The van der Waals surface area contributed by atoms with Crippen molar-refractivity contribution in [2.45, 2.75) is 65.5 Å². The van der Waals surface area contributed by atoms with Gasteiger partial charge in [-0.3, -0.25) is 4.90 Å². The van der Waals surface area contributed by atoms with Gasteiger partial charge in [0.15, 0.2) is 0 Å². The van der Waals surface area contributed by atoms with E-state index in [0.29, 0.717) is 0 Å². The van der Waals surface area contributed by atoms with Crippen LogP contribution in [0.2, 0.25) is 0 Å². The largest absolute Gasteiger partial charge is 0.317 e. The summed E-state index contributed by atoms with van der Waals surface area (Å²) in [6.45, 7) is 13.0. The Morgan fingerprint density at radius 3 is 2.69 bits per heavy atom. The van der Waals surface area contributed by atoms with Crippen LogP contribution in [-0.2, 0) is 0 Å². The molecule has 1 aliphatic rings. The lowest BCUT2D eigenvalue weighted by atomic mass is 9.92. The summed E-state index contributed by atoms with van der Waals surface area (Å²) >= 11 is 0. The van der Waals surface area contributed by atoms with Crippen molar-refractivity contribution < 1.29 is 0 Å². The predicted octanol–water partition coefficient (Wildman–Crippen LogP) is 2.89. The molecule has 0 amide bonds. The third-order valence-electron chi connectivity index (χ3n) is 3.92. The summed E-state index contributed by atoms with van der Waals surface area (Å²) in [5.41, 5.74) is 0. The van der Waals surface area contributed by atoms with E-state index >= 15 is 0 Å². The maximum absolute atomic E-state index is 3.50. The van der Waals surface area contributed by atoms with Gasteiger partial charge in [0.1, 0.15) is 0 Å². The molecule has 1 heterocycles. The van der Waals surface area contributed by atoms with Gasteiger partial charge in [0.25, 0.3) is 0 Å². The zero-order valence-electron chi connectivity index (χ0n) is 11.6. The van der Waals surface area contributed by atoms with Crippen molar-refractivity contribution in [2.75, 3.05) is 19.6 Å². The number of nitrogens with zero attached hydrogens (tertiary/aromatic N) is 1. The number of likely N-dealkylation sites (tertiary alicyclic amines) is 1. The Balaban J connectivity index is 2.22. The Labute approximate surface area is 102 Å². The van der Waals surface area contributed by atoms with Crippen LogP contribution in [0, 0.1) is 5.92 Å². The van der Waals surface area contributed by atoms with E-state index < -0.39 is 0 Å². The van der Waals surface area contributed by atoms with Crippen LogP contribution in [0.5, 0.6) is 0 Å². The highest BCUT2D eigenvalue weighted by atomic mass is 15.2. The fourth-order valence-electron chi connectivity index (χ4n) is 2.86. The molecular weight excluding hydrogens is 196 g/mol. The zero-order valence-corrected chi connectivity index (χ0v) is 11.6. The van der Waals surface area contributed by atoms with E-state index in [1.807, 2.05) is 0 Å². The summed E-state index contributed by atoms with van der Waals surface area (Å²) < 4.78 is 0. The van der Waals surface area contributed by atoms with E-state index in [-0.39, 0.29) is 0 Å². The smallest absolute Gasteiger partial charge is 0.00818 e. The molecule has 1 saturated heterocycles. The molecule has 3 atom stereocenters. The van der Waals surface area contributed by atoms with Gasteiger partial charge >= 0.3 is 0 Å². The SMILES string of the molecule is CCCNCCC(C)N1CCC(C)CC1C. The van der Waals surface area contributed by atoms with Crippen molar-refractivity contribution in [3.05, 3.63) is 0 Å². The van der Waals surface area contributed by atoms with E-state index in [1.54, 1.807) is 0 Å². The molecule has 2 heteroatoms. The Morgan fingerprint density at radius 2 is 2.06 bits per heavy atom. The van der Waals surface area contributed by atoms with Crippen LogP contribution in [0.4, 0.5) is 0 Å². The Kier molecular flexibility index (Phi) is 6.37. The minimum Gasteiger partial charge on any atom is -0.317 e. The Morgan fingerprint density at radius 1 is 1.31 bits per heavy atom. The summed E-state index contributed by atoms with van der Waals surface area (Å²) in [5, 5.41) is 3.50. The molecule has 0 aromatic rings. The number of hydrogen-bond donors (Lipinski definition) is 1. The van der Waals surface area contributed by atoms with Crippen molar-refractivity contribution in [3.8, 4) is 0 Å². The highest BCUT2D eigenvalue weighted by Crippen LogP contribution is 2.24. The Hall–Kier alpha value is -0.0800. The molecule has 0 bridgehead atoms. The molecular formula is C14H30N2. The quantitative estimate of drug-likeness (QED) is 0.701. The topological polar surface area (TPSA) is 15.3 Å². The summed E-state index contributed by atoms with van der Waals surface area (Å²) in [6.07, 6.45) is 5.30. The molecule has 0 spiro atoms. The standard InChI is InChI=1S/C14H30N2/c1-5-8-15-9-6-13(3)16-10-7-12(2)11-14(16)4/h12-15H,5-11H2,1-4H3. The lowest BCUT2D eigenvalue weighted by Gasteiger charge is -2.40. The summed E-state index contributed by atoms with van der Waals surface area (Å²) in [5.74, 6) is 0.927. The first kappa shape index (κ1) is 14.0. The van der Waals surface area contributed by atoms with Crippen LogP contribution >= 0.6 is 0 Å². The number of nitrogens with one attached hydrogen (secondary N) is 1. The molecule has 2 nitrogen and oxygen atoms in total. The van der Waals surface area contributed by atoms with Gasteiger partial charge in [-0.1, -0.05) is 13.8 Å². The van der Waals surface area contributed by atoms with Gasteiger partial charge in [-0.15, -0.1) is 0 Å². The zero-order chi connectivity index (χ0) is 12.0. The maximum Gasteiger partial charge on any atom is 0.00818 e. The van der Waals surface area contributed by atoms with E-state index in [9.17, 15) is 0 Å². The van der Waals surface area contributed by atoms with Crippen LogP contribution in [-0.4, -0.2) is 36.6 Å². The molecule has 1 aliphatic heterocycles. The Bertz CT molecular complexity index is 182. The molecule has 1 N–H and O–H groups in total. The lowest BCUT2D eigenvalue weighted by Crippen LogP contribution is -2.46. The van der Waals surface area contributed by atoms with Crippen molar-refractivity contribution >= 4 is 0 Å². The molecule has 0 saturated carbocycles. The van der Waals surface area contributed by atoms with Crippen molar-refractivity contribution in [1.29, 1.82) is 0 Å². The first-order chi connectivity index (χ1) is 7.65. The molecule has 0 aliphatic carbocycles. The van der Waals surface area contributed by atoms with Crippen LogP contribution in [0.15, 0.2) is 0 Å². The van der Waals surface area contributed by atoms with Gasteiger partial charge in [-0.2, -0.15) is 0 Å². The highest BCUT2D eigenvalue weighted by Gasteiger charge is 2.25. The average molecular weight is 226 g/mol. The first-order valence-electron chi connectivity index (χ1n) is 7.11. The van der Waals surface area contributed by atoms with Crippen LogP contribution in [0.1, 0.15) is 53.4 Å². The maximum atomic E-state index is 3.50. The van der Waals surface area contributed by atoms with E-state index in [4.69, 9.17) is 0 Å². The number of hydrogen-bond acceptors (Lipinski definition) is 2. The summed E-state index contributed by atoms with van der Waals surface area (Å²) in [7, 11) is 0. The average Bonchev–Trinajstić information content (AvgIpc) is 2.24. The van der Waals surface area contributed by atoms with Crippen LogP contribution < -0.4 is 5.32 Å². The fourth-order valence-corrected chi connectivity index (χ4v) is 2.86. The summed E-state index contributed by atoms with van der Waals surface area (Å²) in [6, 6.07) is 1.52. The van der Waals surface area contributed by atoms with Crippen LogP contribution in [0.25, 0.3) is 0 Å². The second-order valence-corrected chi connectivity index (χ2v) is 5.60. The molecule has 1 fully saturated rings. The minimum absolute atomic E-state index is 0.742. The molecule has 1 rings (SSSR count). The van der Waals surface area contributed by atoms with Gasteiger partial charge < -0.3 is 5.32 Å². The molecule has 3 unspecified atom stereocenters. The van der Waals surface area contributed by atoms with Gasteiger partial charge in [0, 0.05) is 12.1 Å². The van der Waals surface area contributed by atoms with Crippen molar-refractivity contribution in [1.82, 2.24) is 10.2 Å². The van der Waals surface area contributed by atoms with Crippen LogP contribution in [0.3, 0.4) is 0 Å². The van der Waals surface area contributed by atoms with E-state index in [1.165, 1.54) is 45.3 Å². The van der Waals surface area contributed by atoms with E-state index in [0.717, 1.165) is 18.0 Å². The van der Waals surface area contributed by atoms with Crippen molar-refractivity contribution in [3.63, 3.8) is 0 Å². The number of piperidine rings is 1. The summed E-state index contributed by atoms with van der Waals surface area (Å²) in [4.78, 5) is 2.70. The number of rotatable bonds is 6. The minimum atomic E-state index is 0.742. The molecule has 96 valence electrons. The molecule has 0 radical (unpaired) electrons. The fraction of sp³-hybridized carbons (Fsp3) is 1.00. The predicted molar refractivity (Wildman–Crippen MR) is 71.8 cm³/mol. The van der Waals surface area contributed by atoms with Gasteiger partial charge in [0.2, 0.25) is 0 Å². The van der Waals surface area contributed by atoms with Crippen molar-refractivity contribution in [2.24, 2.45) is 5.92 Å². The lowest BCUT2D eigenvalue weighted by molar-refractivity contribution is 0.0855. The second kappa shape index (κ2) is 7.29. The van der Waals surface area contributed by atoms with Gasteiger partial charge in [-0.25, -0.2) is 0 Å². The normalized spacial score (nSPS) is 29.2. The first-order valence-corrected chi connectivity index (χ1v) is 7.11. The third-order valence-corrected chi connectivity index (χ3v) is 3.92.